The Balaban J connectivity index is 2.36. The van der Waals surface area contributed by atoms with Crippen molar-refractivity contribution in [3.8, 4) is 0 Å². The van der Waals surface area contributed by atoms with Crippen molar-refractivity contribution in [2.45, 2.75) is 46.2 Å². The van der Waals surface area contributed by atoms with Crippen LogP contribution in [0.15, 0.2) is 24.3 Å². The molecule has 0 aliphatic heterocycles. The number of thioether (sulfide) groups is 1. The van der Waals surface area contributed by atoms with E-state index < -0.39 is 0 Å². The van der Waals surface area contributed by atoms with Crippen molar-refractivity contribution in [3.05, 3.63) is 29.8 Å². The van der Waals surface area contributed by atoms with Crippen molar-refractivity contribution in [3.63, 3.8) is 0 Å². The van der Waals surface area contributed by atoms with Crippen LogP contribution in [0.4, 0.5) is 5.69 Å². The second-order valence-electron chi connectivity index (χ2n) is 5.13. The number of anilines is 1. The van der Waals surface area contributed by atoms with Crippen LogP contribution in [-0.4, -0.2) is 29.5 Å². The van der Waals surface area contributed by atoms with Gasteiger partial charge in [-0.3, -0.25) is 4.79 Å². The van der Waals surface area contributed by atoms with Crippen LogP contribution in [0.1, 0.15) is 32.8 Å². The summed E-state index contributed by atoms with van der Waals surface area (Å²) in [6.07, 6.45) is 1.08. The predicted molar refractivity (Wildman–Crippen MR) is 89.5 cm³/mol. The van der Waals surface area contributed by atoms with Crippen molar-refractivity contribution in [2.24, 2.45) is 0 Å². The number of hydrogen-bond donors (Lipinski definition) is 2. The lowest BCUT2D eigenvalue weighted by molar-refractivity contribution is -0.117. The number of aryl methyl sites for hydroxylation is 1. The normalized spacial score (nSPS) is 13.8. The van der Waals surface area contributed by atoms with Gasteiger partial charge in [-0.05, 0) is 50.8 Å². The molecule has 0 heterocycles. The highest BCUT2D eigenvalue weighted by molar-refractivity contribution is 7.99. The number of amides is 1. The Morgan fingerprint density at radius 3 is 2.50 bits per heavy atom. The third-order valence-corrected chi connectivity index (χ3v) is 4.08. The number of hydrogen-bond acceptors (Lipinski definition) is 3. The standard InChI is InChI=1S/C16H26N2OS/c1-5-20-11-10-13(3)17-14(4)16(19)18-15-8-6-12(2)7-9-15/h6-9,13-14,17H,5,10-11H2,1-4H3,(H,18,19). The summed E-state index contributed by atoms with van der Waals surface area (Å²) in [5.41, 5.74) is 2.04. The number of carbonyl (C=O) groups excluding carboxylic acids is 1. The predicted octanol–water partition coefficient (Wildman–Crippen LogP) is 3.44. The van der Waals surface area contributed by atoms with Crippen molar-refractivity contribution < 1.29 is 4.79 Å². The average molecular weight is 294 g/mol. The largest absolute Gasteiger partial charge is 0.325 e. The van der Waals surface area contributed by atoms with Gasteiger partial charge < -0.3 is 10.6 Å². The van der Waals surface area contributed by atoms with Gasteiger partial charge in [-0.25, -0.2) is 0 Å². The minimum absolute atomic E-state index is 0.0175. The van der Waals surface area contributed by atoms with Crippen LogP contribution < -0.4 is 10.6 Å². The van der Waals surface area contributed by atoms with Crippen LogP contribution in [0.2, 0.25) is 0 Å². The van der Waals surface area contributed by atoms with E-state index in [1.807, 2.05) is 49.9 Å². The molecule has 4 heteroatoms. The van der Waals surface area contributed by atoms with Crippen molar-refractivity contribution in [1.29, 1.82) is 0 Å². The number of nitrogens with one attached hydrogen (secondary N) is 2. The highest BCUT2D eigenvalue weighted by Crippen LogP contribution is 2.09. The van der Waals surface area contributed by atoms with Gasteiger partial charge in [-0.15, -0.1) is 0 Å². The first kappa shape index (κ1) is 17.1. The van der Waals surface area contributed by atoms with Gasteiger partial charge in [0, 0.05) is 11.7 Å². The molecule has 0 spiro atoms. The third kappa shape index (κ3) is 6.44. The summed E-state index contributed by atoms with van der Waals surface area (Å²) in [6, 6.07) is 8.03. The van der Waals surface area contributed by atoms with Gasteiger partial charge in [0.2, 0.25) is 5.91 Å². The zero-order valence-electron chi connectivity index (χ0n) is 12.9. The molecule has 0 bridgehead atoms. The van der Waals surface area contributed by atoms with E-state index in [0.717, 1.165) is 23.6 Å². The Labute approximate surface area is 126 Å². The van der Waals surface area contributed by atoms with E-state index in [1.54, 1.807) is 0 Å². The molecular formula is C16H26N2OS. The Kier molecular flexibility index (Phi) is 7.70. The van der Waals surface area contributed by atoms with Gasteiger partial charge in [-0.1, -0.05) is 24.6 Å². The van der Waals surface area contributed by atoms with Crippen LogP contribution in [0.5, 0.6) is 0 Å². The number of carbonyl (C=O) groups is 1. The molecule has 1 aromatic rings. The van der Waals surface area contributed by atoms with E-state index >= 15 is 0 Å². The molecule has 0 aromatic heterocycles. The van der Waals surface area contributed by atoms with E-state index in [9.17, 15) is 4.79 Å². The van der Waals surface area contributed by atoms with Crippen molar-refractivity contribution in [2.75, 3.05) is 16.8 Å². The van der Waals surface area contributed by atoms with Crippen molar-refractivity contribution >= 4 is 23.4 Å². The maximum Gasteiger partial charge on any atom is 0.241 e. The molecule has 0 aliphatic carbocycles. The first-order valence-corrected chi connectivity index (χ1v) is 8.39. The van der Waals surface area contributed by atoms with Crippen molar-refractivity contribution in [1.82, 2.24) is 5.32 Å². The van der Waals surface area contributed by atoms with Gasteiger partial charge in [0.25, 0.3) is 0 Å². The fraction of sp³-hybridized carbons (Fsp3) is 0.562. The molecule has 2 N–H and O–H groups in total. The van der Waals surface area contributed by atoms with E-state index in [-0.39, 0.29) is 11.9 Å². The Bertz CT molecular complexity index is 405. The Hall–Kier alpha value is -1.00. The van der Waals surface area contributed by atoms with Gasteiger partial charge in [0.1, 0.15) is 0 Å². The second kappa shape index (κ2) is 9.03. The minimum Gasteiger partial charge on any atom is -0.325 e. The van der Waals surface area contributed by atoms with Crippen LogP contribution in [0.25, 0.3) is 0 Å². The summed E-state index contributed by atoms with van der Waals surface area (Å²) in [5.74, 6) is 2.30. The summed E-state index contributed by atoms with van der Waals surface area (Å²) in [7, 11) is 0. The van der Waals surface area contributed by atoms with E-state index in [2.05, 4.69) is 24.5 Å². The average Bonchev–Trinajstić information content (AvgIpc) is 2.41. The molecule has 0 aliphatic rings. The lowest BCUT2D eigenvalue weighted by Crippen LogP contribution is -2.43. The zero-order chi connectivity index (χ0) is 15.0. The van der Waals surface area contributed by atoms with E-state index in [1.165, 1.54) is 5.56 Å². The fourth-order valence-corrected chi connectivity index (χ4v) is 2.69. The first-order chi connectivity index (χ1) is 9.52. The van der Waals surface area contributed by atoms with Gasteiger partial charge >= 0.3 is 0 Å². The van der Waals surface area contributed by atoms with E-state index in [4.69, 9.17) is 0 Å². The summed E-state index contributed by atoms with van der Waals surface area (Å²) < 4.78 is 0. The SMILES string of the molecule is CCSCCC(C)NC(C)C(=O)Nc1ccc(C)cc1. The molecular weight excluding hydrogens is 268 g/mol. The lowest BCUT2D eigenvalue weighted by Gasteiger charge is -2.19. The quantitative estimate of drug-likeness (QED) is 0.722. The monoisotopic (exact) mass is 294 g/mol. The lowest BCUT2D eigenvalue weighted by atomic mass is 10.2. The fourth-order valence-electron chi connectivity index (χ4n) is 1.88. The molecule has 112 valence electrons. The summed E-state index contributed by atoms with van der Waals surface area (Å²) >= 11 is 1.94. The summed E-state index contributed by atoms with van der Waals surface area (Å²) in [6.45, 7) is 8.24. The van der Waals surface area contributed by atoms with Gasteiger partial charge in [0.15, 0.2) is 0 Å². The Morgan fingerprint density at radius 2 is 1.90 bits per heavy atom. The molecule has 0 saturated heterocycles. The molecule has 0 saturated carbocycles. The van der Waals surface area contributed by atoms with Crippen LogP contribution in [0.3, 0.4) is 0 Å². The maximum atomic E-state index is 12.1. The highest BCUT2D eigenvalue weighted by Gasteiger charge is 2.15. The Morgan fingerprint density at radius 1 is 1.25 bits per heavy atom. The second-order valence-corrected chi connectivity index (χ2v) is 6.52. The topological polar surface area (TPSA) is 41.1 Å². The van der Waals surface area contributed by atoms with Gasteiger partial charge in [0.05, 0.1) is 6.04 Å². The summed E-state index contributed by atoms with van der Waals surface area (Å²) in [4.78, 5) is 12.1. The first-order valence-electron chi connectivity index (χ1n) is 7.24. The molecule has 0 radical (unpaired) electrons. The molecule has 2 atom stereocenters. The van der Waals surface area contributed by atoms with E-state index in [0.29, 0.717) is 6.04 Å². The molecule has 3 nitrogen and oxygen atoms in total. The highest BCUT2D eigenvalue weighted by atomic mass is 32.2. The maximum absolute atomic E-state index is 12.1. The molecule has 2 unspecified atom stereocenters. The van der Waals surface area contributed by atoms with Crippen LogP contribution >= 0.6 is 11.8 Å². The number of rotatable bonds is 8. The molecule has 1 aromatic carbocycles. The smallest absolute Gasteiger partial charge is 0.241 e. The molecule has 0 fully saturated rings. The van der Waals surface area contributed by atoms with Gasteiger partial charge in [-0.2, -0.15) is 11.8 Å². The molecule has 1 rings (SSSR count). The number of benzene rings is 1. The van der Waals surface area contributed by atoms with Crippen LogP contribution in [-0.2, 0) is 4.79 Å². The molecule has 1 amide bonds. The molecule has 20 heavy (non-hydrogen) atoms. The summed E-state index contributed by atoms with van der Waals surface area (Å²) in [5, 5.41) is 6.28. The van der Waals surface area contributed by atoms with Crippen LogP contribution in [0, 0.1) is 6.92 Å². The minimum atomic E-state index is -0.182. The zero-order valence-corrected chi connectivity index (χ0v) is 13.7. The third-order valence-electron chi connectivity index (χ3n) is 3.15.